The van der Waals surface area contributed by atoms with E-state index in [2.05, 4.69) is 224 Å². The van der Waals surface area contributed by atoms with E-state index in [0.29, 0.717) is 5.82 Å². The summed E-state index contributed by atoms with van der Waals surface area (Å²) in [5, 5.41) is 0. The fourth-order valence-electron chi connectivity index (χ4n) is 9.81. The maximum Gasteiger partial charge on any atom is 0.160 e. The average molecular weight is 791 g/mol. The maximum absolute atomic E-state index is 6.93. The molecule has 3 heteroatoms. The van der Waals surface area contributed by atoms with Crippen LogP contribution >= 0.6 is 0 Å². The Hall–Kier alpha value is -8.14. The molecule has 9 aromatic carbocycles. The van der Waals surface area contributed by atoms with Gasteiger partial charge in [0, 0.05) is 27.8 Å². The van der Waals surface area contributed by atoms with Crippen molar-refractivity contribution in [2.75, 3.05) is 0 Å². The van der Waals surface area contributed by atoms with Gasteiger partial charge in [0.15, 0.2) is 5.82 Å². The molecule has 0 amide bonds. The number of rotatable bonds is 6. The van der Waals surface area contributed by atoms with Gasteiger partial charge in [0.05, 0.1) is 16.8 Å². The van der Waals surface area contributed by atoms with Gasteiger partial charge in [-0.05, 0) is 86.0 Å². The standard InChI is InChI=1S/C59H38N2O/c1-3-17-39(18-4-1)41-21-15-23-44(35-41)54-38-55(61-58(60-54)45-24-16-22-42(36-45)40-19-5-2-6-20-40)49-28-8-7-25-46(49)43-33-34-53-57(37-43)62-56-32-14-13-31-52(56)59(53)50-29-11-9-26-47(50)48-27-10-12-30-51(48)59/h1-38H. The molecule has 290 valence electrons. The highest BCUT2D eigenvalue weighted by Crippen LogP contribution is 2.62. The van der Waals surface area contributed by atoms with Gasteiger partial charge in [-0.2, -0.15) is 0 Å². The Bertz CT molecular complexity index is 3190. The highest BCUT2D eigenvalue weighted by molar-refractivity contribution is 5.90. The summed E-state index contributed by atoms with van der Waals surface area (Å²) in [6, 6.07) is 81.9. The van der Waals surface area contributed by atoms with Crippen molar-refractivity contribution in [2.45, 2.75) is 5.41 Å². The average Bonchev–Trinajstić information content (AvgIpc) is 3.65. The minimum Gasteiger partial charge on any atom is -0.457 e. The van der Waals surface area contributed by atoms with E-state index >= 15 is 0 Å². The fourth-order valence-corrected chi connectivity index (χ4v) is 9.81. The van der Waals surface area contributed by atoms with Crippen molar-refractivity contribution in [3.05, 3.63) is 253 Å². The number of hydrogen-bond acceptors (Lipinski definition) is 3. The second-order valence-corrected chi connectivity index (χ2v) is 16.1. The second-order valence-electron chi connectivity index (χ2n) is 16.1. The summed E-state index contributed by atoms with van der Waals surface area (Å²) >= 11 is 0. The van der Waals surface area contributed by atoms with Crippen LogP contribution < -0.4 is 4.74 Å². The quantitative estimate of drug-likeness (QED) is 0.168. The van der Waals surface area contributed by atoms with Crippen molar-refractivity contribution in [3.8, 4) is 89.9 Å². The third-order valence-corrected chi connectivity index (χ3v) is 12.6. The molecule has 10 aromatic rings. The highest BCUT2D eigenvalue weighted by Gasteiger charge is 2.50. The zero-order chi connectivity index (χ0) is 41.0. The third kappa shape index (κ3) is 5.74. The largest absolute Gasteiger partial charge is 0.457 e. The normalized spacial score (nSPS) is 12.8. The number of fused-ring (bicyclic) bond motifs is 9. The van der Waals surface area contributed by atoms with Crippen molar-refractivity contribution in [1.82, 2.24) is 9.97 Å². The molecule has 1 aliphatic carbocycles. The van der Waals surface area contributed by atoms with Gasteiger partial charge < -0.3 is 4.74 Å². The SMILES string of the molecule is c1ccc(-c2cccc(-c3cc(-c4ccccc4-c4ccc5c(c4)Oc4ccccc4C54c5ccccc5-c5ccccc54)nc(-c4cccc(-c5ccccc5)c4)n3)c2)cc1. The first kappa shape index (κ1) is 35.8. The number of hydrogen-bond donors (Lipinski definition) is 0. The maximum atomic E-state index is 6.93. The van der Waals surface area contributed by atoms with Crippen molar-refractivity contribution in [1.29, 1.82) is 0 Å². The molecular weight excluding hydrogens is 753 g/mol. The summed E-state index contributed by atoms with van der Waals surface area (Å²) in [6.07, 6.45) is 0. The zero-order valence-electron chi connectivity index (χ0n) is 33.7. The van der Waals surface area contributed by atoms with Crippen LogP contribution in [-0.4, -0.2) is 9.97 Å². The van der Waals surface area contributed by atoms with Crippen LogP contribution in [0.4, 0.5) is 0 Å². The van der Waals surface area contributed by atoms with E-state index in [9.17, 15) is 0 Å². The van der Waals surface area contributed by atoms with Crippen molar-refractivity contribution < 1.29 is 4.74 Å². The van der Waals surface area contributed by atoms with E-state index in [-0.39, 0.29) is 0 Å². The van der Waals surface area contributed by atoms with Crippen molar-refractivity contribution >= 4 is 0 Å². The minimum atomic E-state index is -0.519. The van der Waals surface area contributed by atoms with Crippen LogP contribution in [0.2, 0.25) is 0 Å². The van der Waals surface area contributed by atoms with Gasteiger partial charge in [0.2, 0.25) is 0 Å². The third-order valence-electron chi connectivity index (χ3n) is 12.6. The van der Waals surface area contributed by atoms with Gasteiger partial charge in [0.1, 0.15) is 11.5 Å². The van der Waals surface area contributed by atoms with Crippen LogP contribution in [0.15, 0.2) is 231 Å². The van der Waals surface area contributed by atoms with E-state index in [4.69, 9.17) is 14.7 Å². The first-order valence-electron chi connectivity index (χ1n) is 21.1. The molecule has 2 aliphatic rings. The summed E-state index contributed by atoms with van der Waals surface area (Å²) in [7, 11) is 0. The molecule has 12 rings (SSSR count). The Kier molecular flexibility index (Phi) is 8.39. The molecule has 0 N–H and O–H groups in total. The number of benzene rings is 9. The van der Waals surface area contributed by atoms with Crippen molar-refractivity contribution in [2.24, 2.45) is 0 Å². The zero-order valence-corrected chi connectivity index (χ0v) is 33.7. The number of nitrogens with zero attached hydrogens (tertiary/aromatic N) is 2. The van der Waals surface area contributed by atoms with Gasteiger partial charge in [-0.1, -0.05) is 200 Å². The molecule has 1 aromatic heterocycles. The molecule has 0 radical (unpaired) electrons. The summed E-state index contributed by atoms with van der Waals surface area (Å²) in [6.45, 7) is 0. The number of para-hydroxylation sites is 1. The van der Waals surface area contributed by atoms with E-state index in [1.807, 2.05) is 6.07 Å². The Morgan fingerprint density at radius 2 is 0.758 bits per heavy atom. The lowest BCUT2D eigenvalue weighted by atomic mass is 9.66. The summed E-state index contributed by atoms with van der Waals surface area (Å²) in [5.41, 5.74) is 18.2. The molecule has 62 heavy (non-hydrogen) atoms. The minimum absolute atomic E-state index is 0.519. The molecule has 1 spiro atoms. The molecular formula is C59H38N2O. The van der Waals surface area contributed by atoms with Crippen LogP contribution in [0.5, 0.6) is 11.5 Å². The lowest BCUT2D eigenvalue weighted by Crippen LogP contribution is -2.32. The monoisotopic (exact) mass is 790 g/mol. The van der Waals surface area contributed by atoms with Gasteiger partial charge in [-0.3, -0.25) is 0 Å². The molecule has 0 saturated carbocycles. The van der Waals surface area contributed by atoms with E-state index < -0.39 is 5.41 Å². The predicted octanol–water partition coefficient (Wildman–Crippen LogP) is 14.9. The molecule has 3 nitrogen and oxygen atoms in total. The number of ether oxygens (including phenoxy) is 1. The fraction of sp³-hybridized carbons (Fsp3) is 0.0169. The Balaban J connectivity index is 1.03. The molecule has 0 atom stereocenters. The van der Waals surface area contributed by atoms with Crippen LogP contribution in [0, 0.1) is 0 Å². The first-order chi connectivity index (χ1) is 30.7. The van der Waals surface area contributed by atoms with Gasteiger partial charge in [-0.15, -0.1) is 0 Å². The first-order valence-corrected chi connectivity index (χ1v) is 21.1. The lowest BCUT2D eigenvalue weighted by Gasteiger charge is -2.39. The molecule has 0 saturated heterocycles. The van der Waals surface area contributed by atoms with Crippen LogP contribution in [-0.2, 0) is 5.41 Å². The molecule has 0 bridgehead atoms. The predicted molar refractivity (Wildman–Crippen MR) is 252 cm³/mol. The van der Waals surface area contributed by atoms with Gasteiger partial charge in [0.25, 0.3) is 0 Å². The summed E-state index contributed by atoms with van der Waals surface area (Å²) < 4.78 is 6.93. The molecule has 0 unspecified atom stereocenters. The summed E-state index contributed by atoms with van der Waals surface area (Å²) in [5.74, 6) is 2.39. The highest BCUT2D eigenvalue weighted by atomic mass is 16.5. The van der Waals surface area contributed by atoms with Gasteiger partial charge >= 0.3 is 0 Å². The molecule has 0 fully saturated rings. The van der Waals surface area contributed by atoms with E-state index in [0.717, 1.165) is 84.1 Å². The molecule has 1 aliphatic heterocycles. The Labute approximate surface area is 361 Å². The number of aromatic nitrogens is 2. The van der Waals surface area contributed by atoms with Crippen LogP contribution in [0.1, 0.15) is 22.3 Å². The van der Waals surface area contributed by atoms with Crippen LogP contribution in [0.25, 0.3) is 78.4 Å². The van der Waals surface area contributed by atoms with Crippen molar-refractivity contribution in [3.63, 3.8) is 0 Å². The lowest BCUT2D eigenvalue weighted by molar-refractivity contribution is 0.436. The van der Waals surface area contributed by atoms with E-state index in [1.54, 1.807) is 0 Å². The topological polar surface area (TPSA) is 35.0 Å². The summed E-state index contributed by atoms with van der Waals surface area (Å²) in [4.78, 5) is 10.7. The van der Waals surface area contributed by atoms with Crippen LogP contribution in [0.3, 0.4) is 0 Å². The molecule has 2 heterocycles. The second kappa shape index (κ2) is 14.5. The van der Waals surface area contributed by atoms with Gasteiger partial charge in [-0.25, -0.2) is 9.97 Å². The van der Waals surface area contributed by atoms with E-state index in [1.165, 1.54) is 22.3 Å². The Morgan fingerprint density at radius 3 is 1.44 bits per heavy atom. The Morgan fingerprint density at radius 1 is 0.274 bits per heavy atom. The smallest absolute Gasteiger partial charge is 0.160 e.